The van der Waals surface area contributed by atoms with Crippen molar-refractivity contribution in [2.24, 2.45) is 0 Å². The predicted molar refractivity (Wildman–Crippen MR) is 67.1 cm³/mol. The van der Waals surface area contributed by atoms with E-state index in [0.29, 0.717) is 19.3 Å². The van der Waals surface area contributed by atoms with E-state index in [0.717, 1.165) is 38.6 Å². The van der Waals surface area contributed by atoms with Gasteiger partial charge in [-0.3, -0.25) is 0 Å². The number of hydrogen-bond acceptors (Lipinski definition) is 3. The lowest BCUT2D eigenvalue weighted by Crippen LogP contribution is -2.44. The molecule has 1 rings (SSSR count). The summed E-state index contributed by atoms with van der Waals surface area (Å²) in [4.78, 5) is 13.8. The molecule has 1 atom stereocenters. The minimum absolute atomic E-state index is 0.140. The standard InChI is InChI=1S/C13H25NO3/c1-3-4-10-17-13(15)14-9-6-5-7-12(14)8-11-16-2/h12H,3-11H2,1-2H3. The van der Waals surface area contributed by atoms with Crippen LogP contribution >= 0.6 is 0 Å². The largest absolute Gasteiger partial charge is 0.449 e. The molecule has 4 heteroatoms. The van der Waals surface area contributed by atoms with Gasteiger partial charge in [-0.2, -0.15) is 0 Å². The molecule has 1 amide bonds. The van der Waals surface area contributed by atoms with Gasteiger partial charge in [0.05, 0.1) is 6.61 Å². The van der Waals surface area contributed by atoms with Crippen LogP contribution in [0.4, 0.5) is 4.79 Å². The van der Waals surface area contributed by atoms with Crippen molar-refractivity contribution in [1.82, 2.24) is 4.90 Å². The van der Waals surface area contributed by atoms with E-state index in [1.54, 1.807) is 7.11 Å². The molecule has 1 aliphatic heterocycles. The maximum atomic E-state index is 11.9. The van der Waals surface area contributed by atoms with Crippen LogP contribution in [0.25, 0.3) is 0 Å². The Balaban J connectivity index is 2.37. The fourth-order valence-corrected chi connectivity index (χ4v) is 2.18. The molecule has 0 N–H and O–H groups in total. The van der Waals surface area contributed by atoms with Crippen LogP contribution in [-0.2, 0) is 9.47 Å². The molecule has 1 saturated heterocycles. The van der Waals surface area contributed by atoms with Crippen LogP contribution in [0.1, 0.15) is 45.4 Å². The summed E-state index contributed by atoms with van der Waals surface area (Å²) in [7, 11) is 1.70. The molecular weight excluding hydrogens is 218 g/mol. The van der Waals surface area contributed by atoms with Gasteiger partial charge in [-0.25, -0.2) is 4.79 Å². The zero-order valence-electron chi connectivity index (χ0n) is 11.1. The Morgan fingerprint density at radius 1 is 1.35 bits per heavy atom. The number of carbonyl (C=O) groups is 1. The van der Waals surface area contributed by atoms with Gasteiger partial charge in [0, 0.05) is 26.3 Å². The molecule has 0 spiro atoms. The van der Waals surface area contributed by atoms with Crippen molar-refractivity contribution >= 4 is 6.09 Å². The van der Waals surface area contributed by atoms with Crippen LogP contribution in [-0.4, -0.2) is 43.9 Å². The van der Waals surface area contributed by atoms with E-state index in [1.807, 2.05) is 4.90 Å². The molecule has 1 fully saturated rings. The molecule has 1 unspecified atom stereocenters. The number of hydrogen-bond donors (Lipinski definition) is 0. The molecule has 1 heterocycles. The lowest BCUT2D eigenvalue weighted by Gasteiger charge is -2.34. The third-order valence-electron chi connectivity index (χ3n) is 3.24. The summed E-state index contributed by atoms with van der Waals surface area (Å²) >= 11 is 0. The fraction of sp³-hybridized carbons (Fsp3) is 0.923. The molecule has 17 heavy (non-hydrogen) atoms. The molecular formula is C13H25NO3. The molecule has 0 aromatic rings. The van der Waals surface area contributed by atoms with Gasteiger partial charge in [0.25, 0.3) is 0 Å². The Hall–Kier alpha value is -0.770. The highest BCUT2D eigenvalue weighted by Gasteiger charge is 2.27. The van der Waals surface area contributed by atoms with Gasteiger partial charge in [0.15, 0.2) is 0 Å². The first-order chi connectivity index (χ1) is 8.29. The van der Waals surface area contributed by atoms with Crippen molar-refractivity contribution in [3.8, 4) is 0 Å². The molecule has 1 aliphatic rings. The monoisotopic (exact) mass is 243 g/mol. The maximum Gasteiger partial charge on any atom is 0.410 e. The van der Waals surface area contributed by atoms with E-state index in [1.165, 1.54) is 6.42 Å². The first-order valence-corrected chi connectivity index (χ1v) is 6.72. The molecule has 0 aromatic carbocycles. The number of carbonyl (C=O) groups excluding carboxylic acids is 1. The third kappa shape index (κ3) is 4.94. The van der Waals surface area contributed by atoms with Gasteiger partial charge in [-0.15, -0.1) is 0 Å². The number of nitrogens with zero attached hydrogens (tertiary/aromatic N) is 1. The number of amides is 1. The lowest BCUT2D eigenvalue weighted by molar-refractivity contribution is 0.0611. The number of ether oxygens (including phenoxy) is 2. The highest BCUT2D eigenvalue weighted by atomic mass is 16.6. The summed E-state index contributed by atoms with van der Waals surface area (Å²) < 4.78 is 10.4. The van der Waals surface area contributed by atoms with Crippen molar-refractivity contribution in [2.45, 2.75) is 51.5 Å². The Morgan fingerprint density at radius 3 is 2.88 bits per heavy atom. The molecule has 0 bridgehead atoms. The van der Waals surface area contributed by atoms with Gasteiger partial charge >= 0.3 is 6.09 Å². The van der Waals surface area contributed by atoms with Crippen LogP contribution in [0.5, 0.6) is 0 Å². The Kier molecular flexibility index (Phi) is 7.01. The summed E-state index contributed by atoms with van der Waals surface area (Å²) in [5.41, 5.74) is 0. The number of piperidine rings is 1. The highest BCUT2D eigenvalue weighted by molar-refractivity contribution is 5.68. The van der Waals surface area contributed by atoms with E-state index in [4.69, 9.17) is 9.47 Å². The number of likely N-dealkylation sites (tertiary alicyclic amines) is 1. The van der Waals surface area contributed by atoms with E-state index in [2.05, 4.69) is 6.92 Å². The van der Waals surface area contributed by atoms with Crippen LogP contribution in [0.2, 0.25) is 0 Å². The quantitative estimate of drug-likeness (QED) is 0.673. The van der Waals surface area contributed by atoms with Gasteiger partial charge in [0.1, 0.15) is 0 Å². The van der Waals surface area contributed by atoms with Crippen LogP contribution in [0, 0.1) is 0 Å². The van der Waals surface area contributed by atoms with Gasteiger partial charge in [-0.05, 0) is 32.1 Å². The second kappa shape index (κ2) is 8.34. The Labute approximate surface area is 104 Å². The normalized spacial score (nSPS) is 20.4. The minimum atomic E-state index is -0.140. The smallest absolute Gasteiger partial charge is 0.410 e. The molecule has 0 radical (unpaired) electrons. The summed E-state index contributed by atoms with van der Waals surface area (Å²) in [6.45, 7) is 4.18. The molecule has 4 nitrogen and oxygen atoms in total. The highest BCUT2D eigenvalue weighted by Crippen LogP contribution is 2.20. The van der Waals surface area contributed by atoms with Crippen molar-refractivity contribution in [2.75, 3.05) is 26.9 Å². The first kappa shape index (κ1) is 14.3. The first-order valence-electron chi connectivity index (χ1n) is 6.72. The van der Waals surface area contributed by atoms with Gasteiger partial charge in [0.2, 0.25) is 0 Å². The Morgan fingerprint density at radius 2 is 2.18 bits per heavy atom. The summed E-state index contributed by atoms with van der Waals surface area (Å²) in [6, 6.07) is 0.304. The fourth-order valence-electron chi connectivity index (χ4n) is 2.18. The van der Waals surface area contributed by atoms with E-state index in [9.17, 15) is 4.79 Å². The minimum Gasteiger partial charge on any atom is -0.449 e. The number of methoxy groups -OCH3 is 1. The van der Waals surface area contributed by atoms with E-state index >= 15 is 0 Å². The zero-order chi connectivity index (χ0) is 12.5. The number of unbranched alkanes of at least 4 members (excludes halogenated alkanes) is 1. The summed E-state index contributed by atoms with van der Waals surface area (Å²) in [5.74, 6) is 0. The van der Waals surface area contributed by atoms with Crippen LogP contribution < -0.4 is 0 Å². The molecule has 0 aromatic heterocycles. The third-order valence-corrected chi connectivity index (χ3v) is 3.24. The second-order valence-electron chi connectivity index (χ2n) is 4.59. The number of rotatable bonds is 6. The summed E-state index contributed by atoms with van der Waals surface area (Å²) in [5, 5.41) is 0. The Bertz CT molecular complexity index is 221. The van der Waals surface area contributed by atoms with Gasteiger partial charge in [-0.1, -0.05) is 13.3 Å². The van der Waals surface area contributed by atoms with E-state index < -0.39 is 0 Å². The van der Waals surface area contributed by atoms with Crippen LogP contribution in [0.15, 0.2) is 0 Å². The zero-order valence-corrected chi connectivity index (χ0v) is 11.1. The summed E-state index contributed by atoms with van der Waals surface area (Å²) in [6.07, 6.45) is 6.15. The molecule has 100 valence electrons. The predicted octanol–water partition coefficient (Wildman–Crippen LogP) is 2.81. The topological polar surface area (TPSA) is 38.8 Å². The lowest BCUT2D eigenvalue weighted by atomic mass is 10.0. The SMILES string of the molecule is CCCCOC(=O)N1CCCCC1CCOC. The van der Waals surface area contributed by atoms with Gasteiger partial charge < -0.3 is 14.4 Å². The average molecular weight is 243 g/mol. The van der Waals surface area contributed by atoms with Crippen molar-refractivity contribution in [3.05, 3.63) is 0 Å². The van der Waals surface area contributed by atoms with E-state index in [-0.39, 0.29) is 6.09 Å². The molecule has 0 aliphatic carbocycles. The van der Waals surface area contributed by atoms with Crippen LogP contribution in [0.3, 0.4) is 0 Å². The van der Waals surface area contributed by atoms with Crippen molar-refractivity contribution < 1.29 is 14.3 Å². The van der Waals surface area contributed by atoms with Crippen molar-refractivity contribution in [1.29, 1.82) is 0 Å². The second-order valence-corrected chi connectivity index (χ2v) is 4.59. The maximum absolute atomic E-state index is 11.9. The molecule has 0 saturated carbocycles. The van der Waals surface area contributed by atoms with Crippen molar-refractivity contribution in [3.63, 3.8) is 0 Å². The average Bonchev–Trinajstić information content (AvgIpc) is 2.37.